The van der Waals surface area contributed by atoms with E-state index < -0.39 is 0 Å². The van der Waals surface area contributed by atoms with Gasteiger partial charge in [0.15, 0.2) is 0 Å². The number of hydrogen-bond acceptors (Lipinski definition) is 2. The first-order valence-corrected chi connectivity index (χ1v) is 16.0. The second-order valence-electron chi connectivity index (χ2n) is 10.8. The molecule has 0 bridgehead atoms. The molecule has 0 amide bonds. The molecule has 0 spiro atoms. The monoisotopic (exact) mass is 483 g/mol. The summed E-state index contributed by atoms with van der Waals surface area (Å²) < 4.78 is 12.0. The summed E-state index contributed by atoms with van der Waals surface area (Å²) in [5.41, 5.74) is 0. The van der Waals surface area contributed by atoms with Gasteiger partial charge in [0.2, 0.25) is 0 Å². The van der Waals surface area contributed by atoms with Crippen molar-refractivity contribution in [2.24, 2.45) is 0 Å². The number of ether oxygens (including phenoxy) is 2. The SMILES string of the molecule is CCCCCCCCCCCCCCCCCCOC(CC)COCCCCCCCCCC. The maximum absolute atomic E-state index is 6.07. The molecule has 2 nitrogen and oxygen atoms in total. The Morgan fingerprint density at radius 2 is 0.706 bits per heavy atom. The molecule has 1 atom stereocenters. The van der Waals surface area contributed by atoms with Crippen LogP contribution in [0.3, 0.4) is 0 Å². The highest BCUT2D eigenvalue weighted by atomic mass is 16.5. The van der Waals surface area contributed by atoms with Crippen LogP contribution in [-0.4, -0.2) is 25.9 Å². The molecule has 0 aromatic rings. The summed E-state index contributed by atoms with van der Waals surface area (Å²) >= 11 is 0. The van der Waals surface area contributed by atoms with Crippen LogP contribution in [0.5, 0.6) is 0 Å². The van der Waals surface area contributed by atoms with Crippen molar-refractivity contribution in [3.05, 3.63) is 0 Å². The molecule has 0 saturated carbocycles. The van der Waals surface area contributed by atoms with Crippen LogP contribution in [0.2, 0.25) is 0 Å². The third-order valence-electron chi connectivity index (χ3n) is 7.25. The second kappa shape index (κ2) is 31.0. The molecular formula is C32H66O2. The van der Waals surface area contributed by atoms with Gasteiger partial charge < -0.3 is 9.47 Å². The molecule has 0 heterocycles. The van der Waals surface area contributed by atoms with E-state index in [1.165, 1.54) is 154 Å². The van der Waals surface area contributed by atoms with Gasteiger partial charge in [-0.15, -0.1) is 0 Å². The Morgan fingerprint density at radius 1 is 0.382 bits per heavy atom. The van der Waals surface area contributed by atoms with Gasteiger partial charge in [-0.2, -0.15) is 0 Å². The average molecular weight is 483 g/mol. The topological polar surface area (TPSA) is 18.5 Å². The van der Waals surface area contributed by atoms with Gasteiger partial charge >= 0.3 is 0 Å². The minimum absolute atomic E-state index is 0.297. The molecule has 0 aliphatic rings. The van der Waals surface area contributed by atoms with Crippen LogP contribution in [0.25, 0.3) is 0 Å². The summed E-state index contributed by atoms with van der Waals surface area (Å²) in [6, 6.07) is 0. The predicted octanol–water partition coefficient (Wildman–Crippen LogP) is 11.2. The Morgan fingerprint density at radius 3 is 1.06 bits per heavy atom. The first-order chi connectivity index (χ1) is 16.8. The molecule has 0 fully saturated rings. The Labute approximate surface area is 216 Å². The summed E-state index contributed by atoms with van der Waals surface area (Å²) in [5, 5.41) is 0. The quantitative estimate of drug-likeness (QED) is 0.0947. The maximum Gasteiger partial charge on any atom is 0.0805 e. The van der Waals surface area contributed by atoms with Crippen molar-refractivity contribution in [2.75, 3.05) is 19.8 Å². The summed E-state index contributed by atoms with van der Waals surface area (Å²) in [7, 11) is 0. The van der Waals surface area contributed by atoms with Crippen LogP contribution < -0.4 is 0 Å². The highest BCUT2D eigenvalue weighted by Gasteiger charge is 2.06. The Bertz CT molecular complexity index is 344. The van der Waals surface area contributed by atoms with Gasteiger partial charge in [-0.25, -0.2) is 0 Å². The van der Waals surface area contributed by atoms with Gasteiger partial charge in [0, 0.05) is 13.2 Å². The lowest BCUT2D eigenvalue weighted by molar-refractivity contribution is -0.0200. The predicted molar refractivity (Wildman–Crippen MR) is 153 cm³/mol. The molecule has 0 aliphatic heterocycles. The van der Waals surface area contributed by atoms with Crippen molar-refractivity contribution < 1.29 is 9.47 Å². The normalized spacial score (nSPS) is 12.4. The smallest absolute Gasteiger partial charge is 0.0805 e. The van der Waals surface area contributed by atoms with Gasteiger partial charge in [-0.3, -0.25) is 0 Å². The number of hydrogen-bond donors (Lipinski definition) is 0. The van der Waals surface area contributed by atoms with Gasteiger partial charge in [0.05, 0.1) is 12.7 Å². The van der Waals surface area contributed by atoms with Crippen LogP contribution in [0, 0.1) is 0 Å². The van der Waals surface area contributed by atoms with Crippen molar-refractivity contribution in [3.8, 4) is 0 Å². The lowest BCUT2D eigenvalue weighted by Crippen LogP contribution is -2.20. The fourth-order valence-electron chi connectivity index (χ4n) is 4.74. The van der Waals surface area contributed by atoms with E-state index in [2.05, 4.69) is 20.8 Å². The third-order valence-corrected chi connectivity index (χ3v) is 7.25. The molecule has 0 rings (SSSR count). The molecule has 206 valence electrons. The minimum Gasteiger partial charge on any atom is -0.379 e. The van der Waals surface area contributed by atoms with E-state index in [9.17, 15) is 0 Å². The van der Waals surface area contributed by atoms with Gasteiger partial charge in [-0.05, 0) is 19.3 Å². The van der Waals surface area contributed by atoms with E-state index in [-0.39, 0.29) is 0 Å². The zero-order valence-electron chi connectivity index (χ0n) is 24.2. The summed E-state index contributed by atoms with van der Waals surface area (Å²) in [6.45, 7) is 9.41. The van der Waals surface area contributed by atoms with Gasteiger partial charge in [0.1, 0.15) is 0 Å². The first-order valence-electron chi connectivity index (χ1n) is 16.0. The molecule has 0 aromatic carbocycles. The summed E-state index contributed by atoms with van der Waals surface area (Å²) in [5.74, 6) is 0. The molecular weight excluding hydrogens is 416 g/mol. The van der Waals surface area contributed by atoms with Crippen LogP contribution in [-0.2, 0) is 9.47 Å². The maximum atomic E-state index is 6.07. The fraction of sp³-hybridized carbons (Fsp3) is 1.00. The van der Waals surface area contributed by atoms with E-state index in [1.807, 2.05) is 0 Å². The van der Waals surface area contributed by atoms with Crippen LogP contribution >= 0.6 is 0 Å². The average Bonchev–Trinajstić information content (AvgIpc) is 2.85. The van der Waals surface area contributed by atoms with Crippen molar-refractivity contribution in [1.29, 1.82) is 0 Å². The standard InChI is InChI=1S/C32H66O2/c1-4-7-9-11-13-15-16-17-18-19-20-21-22-24-26-28-30-34-32(6-3)31-33-29-27-25-23-14-12-10-8-5-2/h32H,4-31H2,1-3H3. The Balaban J connectivity index is 3.24. The molecule has 34 heavy (non-hydrogen) atoms. The van der Waals surface area contributed by atoms with Gasteiger partial charge in [0.25, 0.3) is 0 Å². The molecule has 0 aliphatic carbocycles. The lowest BCUT2D eigenvalue weighted by atomic mass is 10.0. The van der Waals surface area contributed by atoms with Crippen molar-refractivity contribution in [2.45, 2.75) is 187 Å². The van der Waals surface area contributed by atoms with Crippen LogP contribution in [0.4, 0.5) is 0 Å². The molecule has 2 heteroatoms. The summed E-state index contributed by atoms with van der Waals surface area (Å²) in [6.07, 6.45) is 35.0. The van der Waals surface area contributed by atoms with Crippen molar-refractivity contribution in [1.82, 2.24) is 0 Å². The van der Waals surface area contributed by atoms with Gasteiger partial charge in [-0.1, -0.05) is 162 Å². The zero-order chi connectivity index (χ0) is 24.8. The van der Waals surface area contributed by atoms with E-state index >= 15 is 0 Å². The van der Waals surface area contributed by atoms with Crippen LogP contribution in [0.1, 0.15) is 181 Å². The first kappa shape index (κ1) is 33.9. The zero-order valence-corrected chi connectivity index (χ0v) is 24.2. The van der Waals surface area contributed by atoms with E-state index in [0.29, 0.717) is 6.10 Å². The highest BCUT2D eigenvalue weighted by Crippen LogP contribution is 2.14. The molecule has 0 N–H and O–H groups in total. The number of rotatable bonds is 30. The second-order valence-corrected chi connectivity index (χ2v) is 10.8. The number of unbranched alkanes of at least 4 members (excludes halogenated alkanes) is 22. The Kier molecular flexibility index (Phi) is 30.9. The largest absolute Gasteiger partial charge is 0.379 e. The molecule has 0 aromatic heterocycles. The van der Waals surface area contributed by atoms with Crippen molar-refractivity contribution >= 4 is 0 Å². The lowest BCUT2D eigenvalue weighted by Gasteiger charge is -2.16. The van der Waals surface area contributed by atoms with Crippen molar-refractivity contribution in [3.63, 3.8) is 0 Å². The van der Waals surface area contributed by atoms with E-state index in [1.54, 1.807) is 0 Å². The molecule has 0 saturated heterocycles. The summed E-state index contributed by atoms with van der Waals surface area (Å²) in [4.78, 5) is 0. The fourth-order valence-corrected chi connectivity index (χ4v) is 4.74. The molecule has 0 radical (unpaired) electrons. The minimum atomic E-state index is 0.297. The Hall–Kier alpha value is -0.0800. The molecule has 1 unspecified atom stereocenters. The highest BCUT2D eigenvalue weighted by molar-refractivity contribution is 4.55. The van der Waals surface area contributed by atoms with E-state index in [4.69, 9.17) is 9.47 Å². The van der Waals surface area contributed by atoms with Crippen LogP contribution in [0.15, 0.2) is 0 Å². The third kappa shape index (κ3) is 28.2. The van der Waals surface area contributed by atoms with E-state index in [0.717, 1.165) is 26.2 Å².